The highest BCUT2D eigenvalue weighted by Gasteiger charge is 2.34. The van der Waals surface area contributed by atoms with Gasteiger partial charge in [-0.1, -0.05) is 30.3 Å². The number of aromatic nitrogens is 1. The van der Waals surface area contributed by atoms with Gasteiger partial charge in [-0.05, 0) is 30.2 Å². The molecule has 1 aliphatic rings. The number of nitrogens with zero attached hydrogens (tertiary/aromatic N) is 2. The minimum Gasteiger partial charge on any atom is -0.394 e. The van der Waals surface area contributed by atoms with E-state index < -0.39 is 24.9 Å². The van der Waals surface area contributed by atoms with Crippen molar-refractivity contribution in [3.8, 4) is 0 Å². The normalized spacial score (nSPS) is 16.6. The average Bonchev–Trinajstić information content (AvgIpc) is 3.26. The van der Waals surface area contributed by atoms with Gasteiger partial charge < -0.3 is 25.0 Å². The van der Waals surface area contributed by atoms with Crippen LogP contribution in [0, 0.1) is 0 Å². The molecule has 0 bridgehead atoms. The number of para-hydroxylation sites is 1. The van der Waals surface area contributed by atoms with Gasteiger partial charge >= 0.3 is 0 Å². The zero-order valence-corrected chi connectivity index (χ0v) is 16.8. The van der Waals surface area contributed by atoms with Crippen molar-refractivity contribution in [2.75, 3.05) is 13.2 Å². The van der Waals surface area contributed by atoms with Gasteiger partial charge in [0.1, 0.15) is 18.3 Å². The number of benzene rings is 2. The predicted molar refractivity (Wildman–Crippen MR) is 113 cm³/mol. The number of hydrogen-bond donors (Lipinski definition) is 4. The summed E-state index contributed by atoms with van der Waals surface area (Å²) >= 11 is 0. The Bertz CT molecular complexity index is 1090. The van der Waals surface area contributed by atoms with Crippen molar-refractivity contribution in [3.05, 3.63) is 71.4 Å². The van der Waals surface area contributed by atoms with E-state index in [2.05, 4.69) is 0 Å². The number of fused-ring (bicyclic) bond motifs is 2. The van der Waals surface area contributed by atoms with Gasteiger partial charge in [-0.2, -0.15) is 0 Å². The van der Waals surface area contributed by atoms with Gasteiger partial charge in [-0.3, -0.25) is 14.5 Å². The Labute approximate surface area is 178 Å². The molecule has 3 unspecified atom stereocenters. The van der Waals surface area contributed by atoms with Gasteiger partial charge in [0.15, 0.2) is 0 Å². The van der Waals surface area contributed by atoms with Gasteiger partial charge in [0.2, 0.25) is 0 Å². The molecule has 3 atom stereocenters. The third-order valence-electron chi connectivity index (χ3n) is 5.71. The average molecular weight is 424 g/mol. The van der Waals surface area contributed by atoms with Crippen LogP contribution in [0.3, 0.4) is 0 Å². The van der Waals surface area contributed by atoms with Crippen molar-refractivity contribution in [2.24, 2.45) is 0 Å². The minimum atomic E-state index is -1.49. The second-order valence-corrected chi connectivity index (χ2v) is 7.69. The lowest BCUT2D eigenvalue weighted by molar-refractivity contribution is -0.0803. The van der Waals surface area contributed by atoms with E-state index in [1.54, 1.807) is 28.8 Å². The van der Waals surface area contributed by atoms with Gasteiger partial charge in [0.05, 0.1) is 24.3 Å². The second kappa shape index (κ2) is 8.60. The number of amides is 2. The van der Waals surface area contributed by atoms with Crippen molar-refractivity contribution < 1.29 is 30.0 Å². The number of rotatable bonds is 8. The van der Waals surface area contributed by atoms with Crippen molar-refractivity contribution in [3.63, 3.8) is 0 Å². The highest BCUT2D eigenvalue weighted by atomic mass is 16.4. The minimum absolute atomic E-state index is 0.00571. The van der Waals surface area contributed by atoms with Crippen LogP contribution in [0.5, 0.6) is 0 Å². The summed E-state index contributed by atoms with van der Waals surface area (Å²) in [6, 6.07) is 14.3. The first-order valence-corrected chi connectivity index (χ1v) is 10.1. The second-order valence-electron chi connectivity index (χ2n) is 7.69. The maximum atomic E-state index is 12.6. The number of aliphatic hydroxyl groups is 4. The Morgan fingerprint density at radius 3 is 2.10 bits per heavy atom. The van der Waals surface area contributed by atoms with Gasteiger partial charge in [-0.25, -0.2) is 0 Å². The molecule has 4 N–H and O–H groups in total. The Balaban J connectivity index is 1.54. The summed E-state index contributed by atoms with van der Waals surface area (Å²) in [6.07, 6.45) is -1.99. The number of carbonyl (C=O) groups excluding carboxylic acids is 2. The van der Waals surface area contributed by atoms with Gasteiger partial charge in [0.25, 0.3) is 11.8 Å². The van der Waals surface area contributed by atoms with E-state index in [4.69, 9.17) is 5.11 Å². The molecular weight excluding hydrogens is 400 g/mol. The Morgan fingerprint density at radius 2 is 1.45 bits per heavy atom. The fourth-order valence-electron chi connectivity index (χ4n) is 4.02. The molecule has 8 nitrogen and oxygen atoms in total. The fraction of sp³-hybridized carbons (Fsp3) is 0.304. The molecule has 31 heavy (non-hydrogen) atoms. The highest BCUT2D eigenvalue weighted by molar-refractivity contribution is 6.21. The number of imide groups is 1. The molecule has 0 fully saturated rings. The lowest BCUT2D eigenvalue weighted by Crippen LogP contribution is -2.41. The summed E-state index contributed by atoms with van der Waals surface area (Å²) < 4.78 is 1.75. The summed E-state index contributed by atoms with van der Waals surface area (Å²) in [6.45, 7) is -0.434. The van der Waals surface area contributed by atoms with Crippen LogP contribution in [0.4, 0.5) is 0 Å². The summed E-state index contributed by atoms with van der Waals surface area (Å²) in [5, 5.41) is 39.7. The molecule has 0 radical (unpaired) electrons. The van der Waals surface area contributed by atoms with Crippen molar-refractivity contribution >= 4 is 22.7 Å². The first-order valence-electron chi connectivity index (χ1n) is 10.1. The van der Waals surface area contributed by atoms with Gasteiger partial charge in [0, 0.05) is 23.6 Å². The third-order valence-corrected chi connectivity index (χ3v) is 5.71. The standard InChI is InChI=1S/C23H24N2O6/c26-13-20(28)21(29)19(27)12-24-11-14(15-5-3-4-8-18(15)24)9-10-25-22(30)16-6-1-2-7-17(16)23(25)31/h1-8,11,19-21,26-29H,9-10,12-13H2. The molecule has 2 heterocycles. The molecule has 3 aromatic rings. The third kappa shape index (κ3) is 3.86. The largest absolute Gasteiger partial charge is 0.394 e. The maximum absolute atomic E-state index is 12.6. The lowest BCUT2D eigenvalue weighted by atomic mass is 10.1. The first-order chi connectivity index (χ1) is 14.9. The maximum Gasteiger partial charge on any atom is 0.261 e. The molecule has 2 aromatic carbocycles. The monoisotopic (exact) mass is 424 g/mol. The van der Waals surface area contributed by atoms with E-state index in [0.717, 1.165) is 16.5 Å². The van der Waals surface area contributed by atoms with E-state index >= 15 is 0 Å². The van der Waals surface area contributed by atoms with E-state index in [0.29, 0.717) is 17.5 Å². The zero-order chi connectivity index (χ0) is 22.1. The molecule has 1 aromatic heterocycles. The van der Waals surface area contributed by atoms with Crippen LogP contribution in [0.25, 0.3) is 10.9 Å². The molecule has 0 aliphatic carbocycles. The topological polar surface area (TPSA) is 123 Å². The number of carbonyl (C=O) groups is 2. The van der Waals surface area contributed by atoms with Crippen LogP contribution in [-0.2, 0) is 13.0 Å². The van der Waals surface area contributed by atoms with Crippen LogP contribution in [-0.4, -0.2) is 73.2 Å². The van der Waals surface area contributed by atoms with E-state index in [9.17, 15) is 24.9 Å². The van der Waals surface area contributed by atoms with E-state index in [1.807, 2.05) is 30.5 Å². The fourth-order valence-corrected chi connectivity index (χ4v) is 4.02. The molecule has 2 amide bonds. The van der Waals surface area contributed by atoms with Crippen LogP contribution >= 0.6 is 0 Å². The Hall–Kier alpha value is -3.04. The van der Waals surface area contributed by atoms with Crippen molar-refractivity contribution in [2.45, 2.75) is 31.3 Å². The zero-order valence-electron chi connectivity index (χ0n) is 16.8. The van der Waals surface area contributed by atoms with Crippen LogP contribution in [0.2, 0.25) is 0 Å². The molecule has 162 valence electrons. The van der Waals surface area contributed by atoms with E-state index in [1.165, 1.54) is 4.90 Å². The molecule has 0 spiro atoms. The quantitative estimate of drug-likeness (QED) is 0.392. The molecular formula is C23H24N2O6. The molecule has 8 heteroatoms. The van der Waals surface area contributed by atoms with Crippen LogP contribution in [0.15, 0.2) is 54.7 Å². The predicted octanol–water partition coefficient (Wildman–Crippen LogP) is 0.555. The Morgan fingerprint density at radius 1 is 0.839 bits per heavy atom. The summed E-state index contributed by atoms with van der Waals surface area (Å²) in [5.74, 6) is -0.609. The Kier molecular flexibility index (Phi) is 5.88. The molecule has 0 saturated heterocycles. The van der Waals surface area contributed by atoms with Crippen molar-refractivity contribution in [1.29, 1.82) is 0 Å². The molecule has 4 rings (SSSR count). The van der Waals surface area contributed by atoms with Gasteiger partial charge in [-0.15, -0.1) is 0 Å². The highest BCUT2D eigenvalue weighted by Crippen LogP contribution is 2.26. The molecule has 1 aliphatic heterocycles. The lowest BCUT2D eigenvalue weighted by Gasteiger charge is -2.22. The molecule has 0 saturated carbocycles. The number of hydrogen-bond acceptors (Lipinski definition) is 6. The first kappa shape index (κ1) is 21.2. The van der Waals surface area contributed by atoms with Crippen LogP contribution in [0.1, 0.15) is 26.3 Å². The number of aliphatic hydroxyl groups excluding tert-OH is 4. The SMILES string of the molecule is O=C1c2ccccc2C(=O)N1CCc1cn(CC(O)C(O)C(O)CO)c2ccccc12. The summed E-state index contributed by atoms with van der Waals surface area (Å²) in [5.41, 5.74) is 2.52. The summed E-state index contributed by atoms with van der Waals surface area (Å²) in [7, 11) is 0. The smallest absolute Gasteiger partial charge is 0.261 e. The summed E-state index contributed by atoms with van der Waals surface area (Å²) in [4.78, 5) is 26.5. The van der Waals surface area contributed by atoms with Crippen LogP contribution < -0.4 is 0 Å². The van der Waals surface area contributed by atoms with Crippen molar-refractivity contribution in [1.82, 2.24) is 9.47 Å². The van der Waals surface area contributed by atoms with E-state index in [-0.39, 0.29) is 24.9 Å².